The third-order valence-electron chi connectivity index (χ3n) is 6.29. The number of anilines is 1. The highest BCUT2D eigenvalue weighted by Crippen LogP contribution is 2.30. The van der Waals surface area contributed by atoms with Gasteiger partial charge >= 0.3 is 6.18 Å². The van der Waals surface area contributed by atoms with Crippen molar-refractivity contribution in [2.45, 2.75) is 33.0 Å². The SMILES string of the molecule is CC(C)=C(N)c1cn(Cc2ccc(C(F)(F)F)cc2)c2cc(N3CCCNCC3)c(F)cc2c1=O. The highest BCUT2D eigenvalue weighted by molar-refractivity contribution is 5.86. The van der Waals surface area contributed by atoms with Gasteiger partial charge in [-0.25, -0.2) is 4.39 Å². The molecule has 1 aliphatic heterocycles. The fraction of sp³-hybridized carbons (Fsp3) is 0.346. The van der Waals surface area contributed by atoms with Crippen molar-refractivity contribution >= 4 is 22.3 Å². The fourth-order valence-corrected chi connectivity index (χ4v) is 4.32. The Morgan fingerprint density at radius 1 is 1.09 bits per heavy atom. The van der Waals surface area contributed by atoms with Crippen molar-refractivity contribution in [1.29, 1.82) is 0 Å². The Morgan fingerprint density at radius 3 is 2.46 bits per heavy atom. The molecule has 9 heteroatoms. The number of nitrogens with one attached hydrogen (secondary N) is 1. The van der Waals surface area contributed by atoms with Gasteiger partial charge in [0.1, 0.15) is 5.82 Å². The number of hydrogen-bond donors (Lipinski definition) is 2. The zero-order chi connectivity index (χ0) is 25.3. The highest BCUT2D eigenvalue weighted by Gasteiger charge is 2.30. The van der Waals surface area contributed by atoms with Crippen LogP contribution in [0.25, 0.3) is 16.6 Å². The molecule has 5 nitrogen and oxygen atoms in total. The Hall–Kier alpha value is -3.33. The van der Waals surface area contributed by atoms with Gasteiger partial charge in [-0.2, -0.15) is 13.2 Å². The first kappa shape index (κ1) is 24.8. The summed E-state index contributed by atoms with van der Waals surface area (Å²) in [5.74, 6) is -0.495. The second-order valence-corrected chi connectivity index (χ2v) is 9.02. The van der Waals surface area contributed by atoms with Gasteiger partial charge in [0.25, 0.3) is 0 Å². The van der Waals surface area contributed by atoms with E-state index in [-0.39, 0.29) is 22.9 Å². The average molecular weight is 489 g/mol. The molecule has 0 atom stereocenters. The summed E-state index contributed by atoms with van der Waals surface area (Å²) >= 11 is 0. The third-order valence-corrected chi connectivity index (χ3v) is 6.29. The molecule has 1 aliphatic rings. The van der Waals surface area contributed by atoms with E-state index < -0.39 is 17.6 Å². The number of alkyl halides is 3. The van der Waals surface area contributed by atoms with Crippen molar-refractivity contribution < 1.29 is 17.6 Å². The minimum Gasteiger partial charge on any atom is -0.398 e. The number of halogens is 4. The maximum absolute atomic E-state index is 15.3. The molecule has 1 saturated heterocycles. The standard InChI is InChI=1S/C26H28F4N4O/c1-16(2)24(31)20-15-34(14-17-4-6-18(7-5-17)26(28,29)30)22-13-23(21(27)12-19(22)25(20)35)33-10-3-8-32-9-11-33/h4-7,12-13,15,32H,3,8-11,14,31H2,1-2H3. The van der Waals surface area contributed by atoms with E-state index in [0.717, 1.165) is 30.7 Å². The van der Waals surface area contributed by atoms with E-state index in [2.05, 4.69) is 5.32 Å². The predicted octanol–water partition coefficient (Wildman–Crippen LogP) is 4.72. The Morgan fingerprint density at radius 2 is 1.80 bits per heavy atom. The summed E-state index contributed by atoms with van der Waals surface area (Å²) in [6, 6.07) is 7.77. The zero-order valence-corrected chi connectivity index (χ0v) is 19.7. The van der Waals surface area contributed by atoms with Gasteiger partial charge in [0.2, 0.25) is 0 Å². The van der Waals surface area contributed by atoms with Crippen molar-refractivity contribution in [2.24, 2.45) is 5.73 Å². The molecular weight excluding hydrogens is 460 g/mol. The Labute approximate surface area is 200 Å². The van der Waals surface area contributed by atoms with Crippen molar-refractivity contribution in [2.75, 3.05) is 31.1 Å². The van der Waals surface area contributed by atoms with Crippen LogP contribution in [0.2, 0.25) is 0 Å². The predicted molar refractivity (Wildman–Crippen MR) is 131 cm³/mol. The molecule has 4 rings (SSSR count). The van der Waals surface area contributed by atoms with Crippen LogP contribution in [0.1, 0.15) is 37.0 Å². The largest absolute Gasteiger partial charge is 0.416 e. The second-order valence-electron chi connectivity index (χ2n) is 9.02. The Balaban J connectivity index is 1.88. The minimum atomic E-state index is -4.43. The monoisotopic (exact) mass is 488 g/mol. The van der Waals surface area contributed by atoms with Crippen LogP contribution in [0.4, 0.5) is 23.2 Å². The van der Waals surface area contributed by atoms with Crippen LogP contribution in [-0.2, 0) is 12.7 Å². The van der Waals surface area contributed by atoms with Gasteiger partial charge in [0.05, 0.1) is 22.3 Å². The van der Waals surface area contributed by atoms with Crippen LogP contribution in [0, 0.1) is 5.82 Å². The fourth-order valence-electron chi connectivity index (χ4n) is 4.32. The molecular formula is C26H28F4N4O. The lowest BCUT2D eigenvalue weighted by molar-refractivity contribution is -0.137. The normalized spacial score (nSPS) is 14.7. The molecule has 0 unspecified atom stereocenters. The van der Waals surface area contributed by atoms with E-state index in [0.29, 0.717) is 42.1 Å². The molecule has 1 fully saturated rings. The maximum atomic E-state index is 15.3. The van der Waals surface area contributed by atoms with Crippen molar-refractivity contribution in [3.05, 3.63) is 80.9 Å². The van der Waals surface area contributed by atoms with E-state index >= 15 is 4.39 Å². The van der Waals surface area contributed by atoms with Gasteiger partial charge < -0.3 is 20.5 Å². The van der Waals surface area contributed by atoms with Gasteiger partial charge in [-0.15, -0.1) is 0 Å². The smallest absolute Gasteiger partial charge is 0.398 e. The van der Waals surface area contributed by atoms with Gasteiger partial charge in [-0.05, 0) is 56.6 Å². The summed E-state index contributed by atoms with van der Waals surface area (Å²) in [5, 5.41) is 3.46. The molecule has 0 saturated carbocycles. The topological polar surface area (TPSA) is 63.3 Å². The van der Waals surface area contributed by atoms with Crippen LogP contribution in [0.5, 0.6) is 0 Å². The lowest BCUT2D eigenvalue weighted by atomic mass is 10.0. The summed E-state index contributed by atoms with van der Waals surface area (Å²) in [7, 11) is 0. The first-order valence-electron chi connectivity index (χ1n) is 11.5. The van der Waals surface area contributed by atoms with E-state index in [4.69, 9.17) is 5.73 Å². The minimum absolute atomic E-state index is 0.174. The number of rotatable bonds is 4. The van der Waals surface area contributed by atoms with E-state index in [1.807, 2.05) is 4.90 Å². The van der Waals surface area contributed by atoms with E-state index in [1.54, 1.807) is 30.7 Å². The number of pyridine rings is 1. The van der Waals surface area contributed by atoms with Crippen LogP contribution in [-0.4, -0.2) is 30.7 Å². The second kappa shape index (κ2) is 9.73. The number of aromatic nitrogens is 1. The molecule has 2 heterocycles. The van der Waals surface area contributed by atoms with Crippen LogP contribution < -0.4 is 21.4 Å². The van der Waals surface area contributed by atoms with Crippen molar-refractivity contribution in [3.8, 4) is 0 Å². The van der Waals surface area contributed by atoms with Gasteiger partial charge in [-0.1, -0.05) is 17.7 Å². The Kier molecular flexibility index (Phi) is 6.89. The summed E-state index contributed by atoms with van der Waals surface area (Å²) < 4.78 is 56.0. The van der Waals surface area contributed by atoms with Gasteiger partial charge in [0, 0.05) is 43.5 Å². The summed E-state index contributed by atoms with van der Waals surface area (Å²) in [6.07, 6.45) is -1.97. The molecule has 186 valence electrons. The molecule has 2 aromatic carbocycles. The number of nitrogens with two attached hydrogens (primary N) is 1. The van der Waals surface area contributed by atoms with E-state index in [9.17, 15) is 18.0 Å². The number of hydrogen-bond acceptors (Lipinski definition) is 4. The molecule has 35 heavy (non-hydrogen) atoms. The molecule has 0 bridgehead atoms. The third kappa shape index (κ3) is 5.19. The first-order valence-corrected chi connectivity index (χ1v) is 11.5. The summed E-state index contributed by atoms with van der Waals surface area (Å²) in [5.41, 5.74) is 7.83. The quantitative estimate of drug-likeness (QED) is 0.522. The molecule has 3 aromatic rings. The number of fused-ring (bicyclic) bond motifs is 1. The summed E-state index contributed by atoms with van der Waals surface area (Å²) in [4.78, 5) is 15.2. The number of nitrogens with zero attached hydrogens (tertiary/aromatic N) is 2. The van der Waals surface area contributed by atoms with Gasteiger partial charge in [-0.3, -0.25) is 4.79 Å². The molecule has 1 aromatic heterocycles. The van der Waals surface area contributed by atoms with Crippen LogP contribution >= 0.6 is 0 Å². The molecule has 3 N–H and O–H groups in total. The van der Waals surface area contributed by atoms with Crippen LogP contribution in [0.3, 0.4) is 0 Å². The average Bonchev–Trinajstić information content (AvgIpc) is 3.09. The first-order chi connectivity index (χ1) is 16.6. The van der Waals surface area contributed by atoms with Crippen molar-refractivity contribution in [3.63, 3.8) is 0 Å². The number of benzene rings is 2. The lowest BCUT2D eigenvalue weighted by Crippen LogP contribution is -2.29. The van der Waals surface area contributed by atoms with E-state index in [1.165, 1.54) is 18.2 Å². The molecule has 0 amide bonds. The molecule has 0 aliphatic carbocycles. The summed E-state index contributed by atoms with van der Waals surface area (Å²) in [6.45, 7) is 6.58. The number of allylic oxidation sites excluding steroid dienone is 1. The van der Waals surface area contributed by atoms with Gasteiger partial charge in [0.15, 0.2) is 5.43 Å². The maximum Gasteiger partial charge on any atom is 0.416 e. The Bertz CT molecular complexity index is 1310. The molecule has 0 radical (unpaired) electrons. The van der Waals surface area contributed by atoms with Crippen molar-refractivity contribution in [1.82, 2.24) is 9.88 Å². The lowest BCUT2D eigenvalue weighted by Gasteiger charge is -2.24. The zero-order valence-electron chi connectivity index (χ0n) is 19.7. The van der Waals surface area contributed by atoms with Crippen LogP contribution in [0.15, 0.2) is 53.0 Å². The molecule has 0 spiro atoms. The highest BCUT2D eigenvalue weighted by atomic mass is 19.4.